The van der Waals surface area contributed by atoms with Gasteiger partial charge in [-0.3, -0.25) is 0 Å². The molecule has 0 radical (unpaired) electrons. The van der Waals surface area contributed by atoms with Crippen LogP contribution in [0.1, 0.15) is 24.0 Å². The minimum Gasteiger partial charge on any atom is -0.392 e. The molecule has 2 N–H and O–H groups in total. The molecule has 1 aromatic heterocycles. The quantitative estimate of drug-likeness (QED) is 0.888. The van der Waals surface area contributed by atoms with Gasteiger partial charge < -0.3 is 15.2 Å². The molecule has 0 amide bonds. The molecule has 1 aliphatic heterocycles. The van der Waals surface area contributed by atoms with E-state index in [1.807, 2.05) is 0 Å². The predicted octanol–water partition coefficient (Wildman–Crippen LogP) is 2.18. The Morgan fingerprint density at radius 1 is 1.37 bits per heavy atom. The molecular weight excluding hydrogens is 261 g/mol. The van der Waals surface area contributed by atoms with E-state index in [0.29, 0.717) is 19.0 Å². The van der Waals surface area contributed by atoms with Crippen molar-refractivity contribution in [3.8, 4) is 0 Å². The first-order valence-electron chi connectivity index (χ1n) is 6.02. The lowest BCUT2D eigenvalue weighted by molar-refractivity contribution is -0.137. The minimum atomic E-state index is -4.45. The molecule has 0 aromatic carbocycles. The van der Waals surface area contributed by atoms with Gasteiger partial charge in [0.1, 0.15) is 5.82 Å². The number of rotatable bonds is 3. The van der Waals surface area contributed by atoms with Gasteiger partial charge in [0.2, 0.25) is 0 Å². The topological polar surface area (TPSA) is 54.4 Å². The molecule has 4 nitrogen and oxygen atoms in total. The molecule has 2 heterocycles. The van der Waals surface area contributed by atoms with E-state index < -0.39 is 18.3 Å². The second-order valence-corrected chi connectivity index (χ2v) is 4.42. The molecule has 7 heteroatoms. The van der Waals surface area contributed by atoms with Crippen LogP contribution in [0, 0.1) is 0 Å². The average Bonchev–Trinajstić information content (AvgIpc) is 2.39. The number of pyridine rings is 1. The summed E-state index contributed by atoms with van der Waals surface area (Å²) in [5, 5.41) is 12.2. The van der Waals surface area contributed by atoms with Gasteiger partial charge in [0.25, 0.3) is 0 Å². The number of ether oxygens (including phenoxy) is 1. The van der Waals surface area contributed by atoms with Crippen LogP contribution in [0.4, 0.5) is 19.0 Å². The van der Waals surface area contributed by atoms with Crippen LogP contribution >= 0.6 is 0 Å². The zero-order chi connectivity index (χ0) is 13.9. The van der Waals surface area contributed by atoms with Crippen molar-refractivity contribution in [1.82, 2.24) is 4.98 Å². The highest BCUT2D eigenvalue weighted by Gasteiger charge is 2.31. The Morgan fingerprint density at radius 2 is 2.05 bits per heavy atom. The number of aliphatic hydroxyl groups is 1. The fourth-order valence-corrected chi connectivity index (χ4v) is 1.95. The highest BCUT2D eigenvalue weighted by Crippen LogP contribution is 2.31. The first-order valence-corrected chi connectivity index (χ1v) is 6.02. The van der Waals surface area contributed by atoms with Gasteiger partial charge in [0.15, 0.2) is 0 Å². The number of hydrogen-bond donors (Lipinski definition) is 2. The average molecular weight is 276 g/mol. The van der Waals surface area contributed by atoms with Crippen molar-refractivity contribution in [1.29, 1.82) is 0 Å². The van der Waals surface area contributed by atoms with Crippen LogP contribution < -0.4 is 5.32 Å². The minimum absolute atomic E-state index is 0.114. The normalized spacial score (nSPS) is 17.5. The number of nitrogens with zero attached hydrogens (tertiary/aromatic N) is 1. The summed E-state index contributed by atoms with van der Waals surface area (Å²) >= 11 is 0. The summed E-state index contributed by atoms with van der Waals surface area (Å²) in [7, 11) is 0. The number of aliphatic hydroxyl groups excluding tert-OH is 1. The second kappa shape index (κ2) is 5.75. The van der Waals surface area contributed by atoms with Crippen molar-refractivity contribution in [3.05, 3.63) is 23.4 Å². The second-order valence-electron chi connectivity index (χ2n) is 4.42. The molecule has 0 saturated carbocycles. The third kappa shape index (κ3) is 3.57. The smallest absolute Gasteiger partial charge is 0.392 e. The predicted molar refractivity (Wildman–Crippen MR) is 62.6 cm³/mol. The lowest BCUT2D eigenvalue weighted by Gasteiger charge is -2.24. The third-order valence-electron chi connectivity index (χ3n) is 3.03. The van der Waals surface area contributed by atoms with E-state index in [2.05, 4.69) is 10.3 Å². The Bertz CT molecular complexity index is 431. The van der Waals surface area contributed by atoms with Crippen molar-refractivity contribution in [2.75, 3.05) is 18.5 Å². The van der Waals surface area contributed by atoms with E-state index in [0.717, 1.165) is 25.1 Å². The molecule has 0 unspecified atom stereocenters. The van der Waals surface area contributed by atoms with E-state index in [4.69, 9.17) is 9.84 Å². The standard InChI is InChI=1S/C12H15F3N2O2/c13-12(14,15)9-5-8(7-18)11(16-6-9)17-10-1-3-19-4-2-10/h5-6,10,18H,1-4,7H2,(H,16,17). The maximum atomic E-state index is 12.5. The first-order chi connectivity index (χ1) is 9.00. The van der Waals surface area contributed by atoms with Crippen molar-refractivity contribution >= 4 is 5.82 Å². The van der Waals surface area contributed by atoms with Crippen molar-refractivity contribution in [3.63, 3.8) is 0 Å². The molecule has 19 heavy (non-hydrogen) atoms. The summed E-state index contributed by atoms with van der Waals surface area (Å²) in [5.74, 6) is 0.308. The van der Waals surface area contributed by atoms with Crippen LogP contribution in [0.5, 0.6) is 0 Å². The molecule has 1 aliphatic rings. The summed E-state index contributed by atoms with van der Waals surface area (Å²) in [6.07, 6.45) is -2.13. The van der Waals surface area contributed by atoms with E-state index in [1.54, 1.807) is 0 Å². The highest BCUT2D eigenvalue weighted by atomic mass is 19.4. The summed E-state index contributed by atoms with van der Waals surface area (Å²) in [5.41, 5.74) is -0.699. The van der Waals surface area contributed by atoms with Crippen LogP contribution in [0.25, 0.3) is 0 Å². The van der Waals surface area contributed by atoms with E-state index in [1.165, 1.54) is 0 Å². The third-order valence-corrected chi connectivity index (χ3v) is 3.03. The Kier molecular flexibility index (Phi) is 4.26. The zero-order valence-corrected chi connectivity index (χ0v) is 10.2. The fraction of sp³-hybridized carbons (Fsp3) is 0.583. The van der Waals surface area contributed by atoms with Gasteiger partial charge in [-0.2, -0.15) is 13.2 Å². The Morgan fingerprint density at radius 3 is 2.63 bits per heavy atom. The summed E-state index contributed by atoms with van der Waals surface area (Å²) < 4.78 is 42.8. The summed E-state index contributed by atoms with van der Waals surface area (Å²) in [6, 6.07) is 1.04. The lowest BCUT2D eigenvalue weighted by Crippen LogP contribution is -2.28. The molecule has 0 atom stereocenters. The molecule has 106 valence electrons. The summed E-state index contributed by atoms with van der Waals surface area (Å²) in [6.45, 7) is 0.752. The number of anilines is 1. The van der Waals surface area contributed by atoms with Crippen LogP contribution in [-0.2, 0) is 17.5 Å². The number of nitrogens with one attached hydrogen (secondary N) is 1. The Balaban J connectivity index is 2.16. The number of alkyl halides is 3. The van der Waals surface area contributed by atoms with Crippen LogP contribution in [0.2, 0.25) is 0 Å². The molecule has 1 aromatic rings. The summed E-state index contributed by atoms with van der Waals surface area (Å²) in [4.78, 5) is 3.78. The molecule has 0 bridgehead atoms. The van der Waals surface area contributed by atoms with E-state index in [-0.39, 0.29) is 11.6 Å². The highest BCUT2D eigenvalue weighted by molar-refractivity contribution is 5.46. The lowest BCUT2D eigenvalue weighted by atomic mass is 10.1. The van der Waals surface area contributed by atoms with Gasteiger partial charge in [0.05, 0.1) is 12.2 Å². The maximum Gasteiger partial charge on any atom is 0.417 e. The van der Waals surface area contributed by atoms with Gasteiger partial charge in [-0.15, -0.1) is 0 Å². The number of hydrogen-bond acceptors (Lipinski definition) is 4. The van der Waals surface area contributed by atoms with Gasteiger partial charge in [0, 0.05) is 31.0 Å². The van der Waals surface area contributed by atoms with E-state index >= 15 is 0 Å². The Labute approximate surface area is 108 Å². The van der Waals surface area contributed by atoms with Crippen LogP contribution in [-0.4, -0.2) is 29.3 Å². The monoisotopic (exact) mass is 276 g/mol. The van der Waals surface area contributed by atoms with Gasteiger partial charge >= 0.3 is 6.18 Å². The van der Waals surface area contributed by atoms with Crippen molar-refractivity contribution in [2.24, 2.45) is 0 Å². The van der Waals surface area contributed by atoms with Gasteiger partial charge in [-0.05, 0) is 18.9 Å². The van der Waals surface area contributed by atoms with Crippen LogP contribution in [0.3, 0.4) is 0 Å². The maximum absolute atomic E-state index is 12.5. The van der Waals surface area contributed by atoms with E-state index in [9.17, 15) is 13.2 Å². The number of aromatic nitrogens is 1. The van der Waals surface area contributed by atoms with Crippen molar-refractivity contribution in [2.45, 2.75) is 31.7 Å². The first kappa shape index (κ1) is 14.1. The molecule has 2 rings (SSSR count). The molecular formula is C12H15F3N2O2. The largest absolute Gasteiger partial charge is 0.417 e. The van der Waals surface area contributed by atoms with Gasteiger partial charge in [-0.1, -0.05) is 0 Å². The number of halogens is 3. The van der Waals surface area contributed by atoms with Crippen LogP contribution in [0.15, 0.2) is 12.3 Å². The SMILES string of the molecule is OCc1cc(C(F)(F)F)cnc1NC1CCOCC1. The van der Waals surface area contributed by atoms with Gasteiger partial charge in [-0.25, -0.2) is 4.98 Å². The molecule has 1 fully saturated rings. The molecule has 0 aliphatic carbocycles. The molecule has 0 spiro atoms. The zero-order valence-electron chi connectivity index (χ0n) is 10.2. The molecule has 1 saturated heterocycles. The Hall–Kier alpha value is -1.34. The fourth-order valence-electron chi connectivity index (χ4n) is 1.95. The van der Waals surface area contributed by atoms with Crippen molar-refractivity contribution < 1.29 is 23.0 Å².